The first-order valence-electron chi connectivity index (χ1n) is 12.0. The molecule has 1 saturated carbocycles. The Morgan fingerprint density at radius 3 is 2.51 bits per heavy atom. The molecule has 2 heterocycles. The number of carbonyl (C=O) groups excluding carboxylic acids is 1. The highest BCUT2D eigenvalue weighted by Crippen LogP contribution is 2.52. The van der Waals surface area contributed by atoms with Crippen LogP contribution >= 0.6 is 0 Å². The SMILES string of the molecule is [B]C1([B])Oc2ccc(C3(C(=O)Nc4cc5cc(C(C)(C)CO)n(C[C@@H](O)CO)c5cc4F)CC3)cc2O1. The molecule has 190 valence electrons. The van der Waals surface area contributed by atoms with Gasteiger partial charge in [0.1, 0.15) is 5.82 Å². The number of rotatable bonds is 8. The molecule has 1 fully saturated rings. The van der Waals surface area contributed by atoms with E-state index in [0.717, 1.165) is 0 Å². The lowest BCUT2D eigenvalue weighted by molar-refractivity contribution is -0.118. The Labute approximate surface area is 216 Å². The molecule has 3 aromatic rings. The number of amides is 1. The largest absolute Gasteiger partial charge is 0.468 e. The summed E-state index contributed by atoms with van der Waals surface area (Å²) in [4.78, 5) is 13.4. The van der Waals surface area contributed by atoms with Crippen molar-refractivity contribution in [3.05, 3.63) is 53.5 Å². The van der Waals surface area contributed by atoms with Crippen molar-refractivity contribution < 1.29 is 34.0 Å². The van der Waals surface area contributed by atoms with Crippen LogP contribution in [0, 0.1) is 5.82 Å². The van der Waals surface area contributed by atoms with Crippen LogP contribution in [0.4, 0.5) is 10.1 Å². The van der Waals surface area contributed by atoms with Crippen LogP contribution in [-0.4, -0.2) is 66.4 Å². The normalized spacial score (nSPS) is 18.1. The zero-order valence-corrected chi connectivity index (χ0v) is 20.6. The number of nitrogens with one attached hydrogen (secondary N) is 1. The van der Waals surface area contributed by atoms with E-state index in [1.807, 2.05) is 13.8 Å². The van der Waals surface area contributed by atoms with Gasteiger partial charge >= 0.3 is 0 Å². The molecule has 8 nitrogen and oxygen atoms in total. The monoisotopic (exact) mass is 504 g/mol. The van der Waals surface area contributed by atoms with Gasteiger partial charge in [0.25, 0.3) is 0 Å². The second-order valence-corrected chi connectivity index (χ2v) is 10.5. The average Bonchev–Trinajstić information content (AvgIpc) is 3.50. The van der Waals surface area contributed by atoms with E-state index in [9.17, 15) is 20.1 Å². The number of halogens is 1. The van der Waals surface area contributed by atoms with Crippen LogP contribution in [-0.2, 0) is 22.2 Å². The van der Waals surface area contributed by atoms with E-state index in [4.69, 9.17) is 25.2 Å². The number of aliphatic hydroxyl groups excluding tert-OH is 3. The molecule has 0 unspecified atom stereocenters. The van der Waals surface area contributed by atoms with E-state index < -0.39 is 34.9 Å². The molecule has 1 aromatic heterocycles. The fourth-order valence-corrected chi connectivity index (χ4v) is 4.83. The van der Waals surface area contributed by atoms with Gasteiger partial charge in [0, 0.05) is 22.6 Å². The number of hydrogen-bond acceptors (Lipinski definition) is 6. The summed E-state index contributed by atoms with van der Waals surface area (Å²) < 4.78 is 27.7. The molecule has 4 N–H and O–H groups in total. The van der Waals surface area contributed by atoms with E-state index in [2.05, 4.69) is 5.32 Å². The molecule has 1 aliphatic heterocycles. The van der Waals surface area contributed by atoms with Gasteiger partial charge in [0.15, 0.2) is 32.8 Å². The molecule has 37 heavy (non-hydrogen) atoms. The number of nitrogens with zero attached hydrogens (tertiary/aromatic N) is 1. The smallest absolute Gasteiger partial charge is 0.235 e. The Morgan fingerprint density at radius 2 is 1.86 bits per heavy atom. The summed E-state index contributed by atoms with van der Waals surface area (Å²) >= 11 is 0. The Bertz CT molecular complexity index is 1390. The molecule has 11 heteroatoms. The second-order valence-electron chi connectivity index (χ2n) is 10.5. The van der Waals surface area contributed by atoms with E-state index in [-0.39, 0.29) is 24.7 Å². The standard InChI is InChI=1S/C26H27B2FN2O6/c1-24(2,13-33)22-8-14-7-18(17(29)10-19(14)31(22)11-16(34)12-32)30-23(35)25(5-6-25)15-3-4-20-21(9-15)37-26(27,28)36-20/h3-4,7-10,16,32-34H,5-6,11-13H2,1-2H3,(H,30,35)/t16-/m1/s1. The summed E-state index contributed by atoms with van der Waals surface area (Å²) in [5, 5.41) is 32.7. The van der Waals surface area contributed by atoms with Crippen molar-refractivity contribution in [1.29, 1.82) is 0 Å². The fraction of sp³-hybridized carbons (Fsp3) is 0.423. The number of aromatic nitrogens is 1. The van der Waals surface area contributed by atoms with Crippen LogP contribution in [0.25, 0.3) is 10.9 Å². The summed E-state index contributed by atoms with van der Waals surface area (Å²) in [6, 6.07) is 9.66. The zero-order chi connectivity index (χ0) is 26.8. The molecule has 5 rings (SSSR count). The Morgan fingerprint density at radius 1 is 1.16 bits per heavy atom. The van der Waals surface area contributed by atoms with Crippen LogP contribution in [0.15, 0.2) is 36.4 Å². The molecule has 1 amide bonds. The van der Waals surface area contributed by atoms with Gasteiger partial charge in [0.2, 0.25) is 5.91 Å². The lowest BCUT2D eigenvalue weighted by Crippen LogP contribution is -2.39. The van der Waals surface area contributed by atoms with Crippen molar-refractivity contribution in [1.82, 2.24) is 4.57 Å². The minimum Gasteiger partial charge on any atom is -0.468 e. The minimum absolute atomic E-state index is 0.0145. The summed E-state index contributed by atoms with van der Waals surface area (Å²) in [7, 11) is 11.4. The van der Waals surface area contributed by atoms with Crippen molar-refractivity contribution >= 4 is 38.2 Å². The molecule has 2 aliphatic rings. The Hall–Kier alpha value is -3.01. The predicted octanol–water partition coefficient (Wildman–Crippen LogP) is 1.79. The highest BCUT2D eigenvalue weighted by Gasteiger charge is 2.52. The Kier molecular flexibility index (Phi) is 6.09. The third-order valence-electron chi connectivity index (χ3n) is 7.15. The first-order chi connectivity index (χ1) is 17.4. The maximum Gasteiger partial charge on any atom is 0.235 e. The van der Waals surface area contributed by atoms with Gasteiger partial charge < -0.3 is 34.7 Å². The topological polar surface area (TPSA) is 113 Å². The van der Waals surface area contributed by atoms with Crippen LogP contribution in [0.5, 0.6) is 11.5 Å². The third kappa shape index (κ3) is 4.49. The number of carbonyl (C=O) groups is 1. The minimum atomic E-state index is -1.77. The third-order valence-corrected chi connectivity index (χ3v) is 7.15. The van der Waals surface area contributed by atoms with Gasteiger partial charge in [-0.1, -0.05) is 19.9 Å². The fourth-order valence-electron chi connectivity index (χ4n) is 4.83. The van der Waals surface area contributed by atoms with Crippen molar-refractivity contribution in [2.45, 2.75) is 55.8 Å². The summed E-state index contributed by atoms with van der Waals surface area (Å²) in [5.74, 6) is -0.300. The lowest BCUT2D eigenvalue weighted by atomic mass is 9.76. The molecule has 2 aromatic carbocycles. The van der Waals surface area contributed by atoms with Crippen molar-refractivity contribution in [3.8, 4) is 11.5 Å². The molecule has 0 saturated heterocycles. The summed E-state index contributed by atoms with van der Waals surface area (Å²) in [6.07, 6.45) is 0.0813. The lowest BCUT2D eigenvalue weighted by Gasteiger charge is -2.25. The van der Waals surface area contributed by atoms with Gasteiger partial charge in [-0.05, 0) is 42.7 Å². The summed E-state index contributed by atoms with van der Waals surface area (Å²) in [6.45, 7) is 3.02. The van der Waals surface area contributed by atoms with E-state index in [0.29, 0.717) is 46.5 Å². The van der Waals surface area contributed by atoms with Crippen molar-refractivity contribution in [3.63, 3.8) is 0 Å². The molecule has 1 atom stereocenters. The van der Waals surface area contributed by atoms with E-state index in [1.54, 1.807) is 28.8 Å². The first-order valence-corrected chi connectivity index (χ1v) is 12.0. The zero-order valence-electron chi connectivity index (χ0n) is 20.6. The van der Waals surface area contributed by atoms with Gasteiger partial charge in [-0.2, -0.15) is 0 Å². The first kappa shape index (κ1) is 25.6. The van der Waals surface area contributed by atoms with Gasteiger partial charge in [-0.25, -0.2) is 4.39 Å². The molecule has 0 bridgehead atoms. The number of fused-ring (bicyclic) bond motifs is 2. The number of ether oxygens (including phenoxy) is 2. The highest BCUT2D eigenvalue weighted by atomic mass is 19.1. The number of hydrogen-bond donors (Lipinski definition) is 4. The maximum atomic E-state index is 15.3. The van der Waals surface area contributed by atoms with Crippen LogP contribution in [0.1, 0.15) is 37.9 Å². The van der Waals surface area contributed by atoms with Crippen LogP contribution < -0.4 is 14.8 Å². The van der Waals surface area contributed by atoms with Gasteiger partial charge in [-0.15, -0.1) is 0 Å². The highest BCUT2D eigenvalue weighted by molar-refractivity contribution is 6.38. The van der Waals surface area contributed by atoms with E-state index in [1.165, 1.54) is 12.1 Å². The number of aliphatic hydroxyl groups is 3. The average molecular weight is 504 g/mol. The van der Waals surface area contributed by atoms with Gasteiger partial charge in [0.05, 0.1) is 42.5 Å². The number of benzene rings is 2. The Balaban J connectivity index is 1.46. The predicted molar refractivity (Wildman–Crippen MR) is 137 cm³/mol. The maximum absolute atomic E-state index is 15.3. The quantitative estimate of drug-likeness (QED) is 0.348. The molecular formula is C26H27B2FN2O6. The van der Waals surface area contributed by atoms with Crippen molar-refractivity contribution in [2.24, 2.45) is 0 Å². The molecule has 0 spiro atoms. The molecular weight excluding hydrogens is 477 g/mol. The summed E-state index contributed by atoms with van der Waals surface area (Å²) in [5.41, 5.74) is -1.49. The van der Waals surface area contributed by atoms with Crippen LogP contribution in [0.2, 0.25) is 0 Å². The second kappa shape index (κ2) is 8.79. The van der Waals surface area contributed by atoms with Crippen molar-refractivity contribution in [2.75, 3.05) is 18.5 Å². The van der Waals surface area contributed by atoms with Gasteiger partial charge in [-0.3, -0.25) is 4.79 Å². The van der Waals surface area contributed by atoms with Crippen LogP contribution in [0.3, 0.4) is 0 Å². The van der Waals surface area contributed by atoms with E-state index >= 15 is 4.39 Å². The molecule has 4 radical (unpaired) electrons. The molecule has 1 aliphatic carbocycles. The number of anilines is 1.